The maximum absolute atomic E-state index is 8.34. The van der Waals surface area contributed by atoms with E-state index in [1.165, 1.54) is 0 Å². The normalized spacial score (nSPS) is 13.4. The Morgan fingerprint density at radius 3 is 0.538 bits per heavy atom. The molecule has 0 aromatic carbocycles. The Labute approximate surface area is 191 Å². The summed E-state index contributed by atoms with van der Waals surface area (Å²) in [6.07, 6.45) is -2.58. The first kappa shape index (κ1) is 42.0. The molecule has 0 radical (unpaired) electrons. The monoisotopic (exact) mass is 500 g/mol. The molecule has 0 aromatic heterocycles. The first-order valence-electron chi connectivity index (χ1n) is 6.83. The van der Waals surface area contributed by atoms with Crippen molar-refractivity contribution in [2.45, 2.75) is 24.4 Å². The average molecular weight is 501 g/mol. The third-order valence-electron chi connectivity index (χ3n) is 1.69. The highest BCUT2D eigenvalue weighted by Gasteiger charge is 1.94. The third-order valence-corrected chi connectivity index (χ3v) is 3.37. The van der Waals surface area contributed by atoms with Crippen molar-refractivity contribution < 1.29 is 40.9 Å². The molecule has 0 saturated carbocycles. The average Bonchev–Trinajstić information content (AvgIpc) is 2.66. The highest BCUT2D eigenvalue weighted by molar-refractivity contribution is 7.80. The minimum absolute atomic E-state index is 0. The Balaban J connectivity index is -0.0000000500. The highest BCUT2D eigenvalue weighted by Crippen LogP contribution is 1.82. The van der Waals surface area contributed by atoms with Gasteiger partial charge in [0.1, 0.15) is 0 Å². The molecule has 0 rings (SSSR count). The lowest BCUT2D eigenvalue weighted by atomic mass is 10.4. The molecule has 8 nitrogen and oxygen atoms in total. The van der Waals surface area contributed by atoms with Gasteiger partial charge in [0.25, 0.3) is 0 Å². The molecule has 0 heterocycles. The summed E-state index contributed by atoms with van der Waals surface area (Å²) in [5, 5.41) is 65.5. The zero-order chi connectivity index (χ0) is 20.0. The minimum atomic E-state index is -0.645. The summed E-state index contributed by atoms with van der Waals surface area (Å²) in [6.45, 7) is -0.764. The van der Waals surface area contributed by atoms with E-state index in [1.807, 2.05) is 0 Å². The van der Waals surface area contributed by atoms with E-state index in [1.54, 1.807) is 0 Å². The van der Waals surface area contributed by atoms with Crippen molar-refractivity contribution in [2.75, 3.05) is 49.4 Å². The van der Waals surface area contributed by atoms with E-state index in [4.69, 9.17) is 40.9 Å². The molecule has 14 heteroatoms. The maximum Gasteiger partial charge on any atom is 0.0858 e. The van der Waals surface area contributed by atoms with E-state index in [-0.39, 0.29) is 53.4 Å². The van der Waals surface area contributed by atoms with Crippen LogP contribution >= 0.6 is 77.5 Å². The lowest BCUT2D eigenvalue weighted by Gasteiger charge is -1.96. The number of aliphatic hydroxyl groups excluding tert-OH is 8. The first-order valence-corrected chi connectivity index (χ1v) is 9.36. The van der Waals surface area contributed by atoms with E-state index in [2.05, 4.69) is 50.5 Å². The fourth-order valence-corrected chi connectivity index (χ4v) is 0.693. The van der Waals surface area contributed by atoms with Crippen LogP contribution in [0.2, 0.25) is 0 Å². The van der Waals surface area contributed by atoms with Crippen molar-refractivity contribution in [2.24, 2.45) is 0 Å². The largest absolute Gasteiger partial charge is 0.394 e. The lowest BCUT2D eigenvalue weighted by molar-refractivity contribution is 0.114. The van der Waals surface area contributed by atoms with Crippen LogP contribution in [0.25, 0.3) is 0 Å². The van der Waals surface area contributed by atoms with Crippen LogP contribution in [0, 0.1) is 0 Å². The summed E-state index contributed by atoms with van der Waals surface area (Å²) in [5.41, 5.74) is 0. The van der Waals surface area contributed by atoms with Crippen molar-refractivity contribution in [3.63, 3.8) is 0 Å². The summed E-state index contributed by atoms with van der Waals surface area (Å²) in [6, 6.07) is 0. The minimum Gasteiger partial charge on any atom is -0.394 e. The molecular formula is C12H36O8S6. The molecule has 0 aliphatic carbocycles. The van der Waals surface area contributed by atoms with Crippen molar-refractivity contribution in [3.05, 3.63) is 0 Å². The van der Waals surface area contributed by atoms with E-state index in [9.17, 15) is 0 Å². The molecule has 0 aliphatic heterocycles. The second-order valence-electron chi connectivity index (χ2n) is 4.08. The molecular weight excluding hydrogens is 465 g/mol. The van der Waals surface area contributed by atoms with Gasteiger partial charge >= 0.3 is 0 Å². The standard InChI is InChI=1S/4C3H8O2S.2H2S/c4*4-1-3(5)2-6;;/h4*3-6H,1-2H2;2*1H2. The first-order chi connectivity index (χ1) is 11.2. The quantitative estimate of drug-likeness (QED) is 0.160. The highest BCUT2D eigenvalue weighted by atomic mass is 32.1. The fourth-order valence-electron chi connectivity index (χ4n) is 0.231. The predicted octanol–water partition coefficient (Wildman–Crippen LogP) is -2.70. The molecule has 0 bridgehead atoms. The second kappa shape index (κ2) is 37.5. The Morgan fingerprint density at radius 2 is 0.538 bits per heavy atom. The Hall–Kier alpha value is 1.78. The van der Waals surface area contributed by atoms with Crippen LogP contribution < -0.4 is 0 Å². The van der Waals surface area contributed by atoms with Gasteiger partial charge < -0.3 is 40.9 Å². The van der Waals surface area contributed by atoms with Gasteiger partial charge in [-0.1, -0.05) is 0 Å². The van der Waals surface area contributed by atoms with E-state index in [0.717, 1.165) is 0 Å². The number of hydrogen-bond acceptors (Lipinski definition) is 12. The fraction of sp³-hybridized carbons (Fsp3) is 1.00. The zero-order valence-electron chi connectivity index (χ0n) is 14.3. The van der Waals surface area contributed by atoms with Crippen molar-refractivity contribution in [3.8, 4) is 0 Å². The maximum atomic E-state index is 8.34. The summed E-state index contributed by atoms with van der Waals surface area (Å²) in [5.74, 6) is 1.32. The number of thiol groups is 4. The van der Waals surface area contributed by atoms with E-state index in [0.29, 0.717) is 23.0 Å². The van der Waals surface area contributed by atoms with Crippen molar-refractivity contribution in [1.82, 2.24) is 0 Å². The van der Waals surface area contributed by atoms with Gasteiger partial charge in [-0.3, -0.25) is 0 Å². The molecule has 0 fully saturated rings. The van der Waals surface area contributed by atoms with E-state index >= 15 is 0 Å². The molecule has 0 amide bonds. The topological polar surface area (TPSA) is 162 Å². The number of hydrogen-bond donors (Lipinski definition) is 12. The second-order valence-corrected chi connectivity index (χ2v) is 5.54. The summed E-state index contributed by atoms with van der Waals surface area (Å²) in [7, 11) is 0. The van der Waals surface area contributed by atoms with Gasteiger partial charge in [0.05, 0.1) is 50.8 Å². The summed E-state index contributed by atoms with van der Waals surface area (Å²) < 4.78 is 0. The SMILES string of the molecule is OCC(O)CS.OCC(O)CS.OCC(O)CS.OCC(O)CS.S.S. The Bertz CT molecular complexity index is 157. The van der Waals surface area contributed by atoms with Gasteiger partial charge in [-0.05, 0) is 0 Å². The molecule has 0 aliphatic rings. The molecule has 0 aromatic rings. The van der Waals surface area contributed by atoms with Crippen LogP contribution in [0.3, 0.4) is 0 Å². The predicted molar refractivity (Wildman–Crippen MR) is 129 cm³/mol. The van der Waals surface area contributed by atoms with Crippen molar-refractivity contribution >= 4 is 77.5 Å². The Morgan fingerprint density at radius 1 is 0.423 bits per heavy atom. The molecule has 8 N–H and O–H groups in total. The van der Waals surface area contributed by atoms with Gasteiger partial charge in [0, 0.05) is 23.0 Å². The molecule has 0 spiro atoms. The van der Waals surface area contributed by atoms with Gasteiger partial charge in [-0.2, -0.15) is 77.5 Å². The molecule has 4 atom stereocenters. The van der Waals surface area contributed by atoms with Crippen LogP contribution in [0.15, 0.2) is 0 Å². The summed E-state index contributed by atoms with van der Waals surface area (Å²) >= 11 is 14.7. The van der Waals surface area contributed by atoms with Crippen LogP contribution in [0.1, 0.15) is 0 Å². The van der Waals surface area contributed by atoms with Crippen LogP contribution in [-0.2, 0) is 0 Å². The molecule has 0 saturated heterocycles. The van der Waals surface area contributed by atoms with Gasteiger partial charge in [0.2, 0.25) is 0 Å². The smallest absolute Gasteiger partial charge is 0.0858 e. The van der Waals surface area contributed by atoms with Gasteiger partial charge in [-0.25, -0.2) is 0 Å². The molecule has 168 valence electrons. The van der Waals surface area contributed by atoms with Crippen LogP contribution in [0.5, 0.6) is 0 Å². The van der Waals surface area contributed by atoms with Crippen molar-refractivity contribution in [1.29, 1.82) is 0 Å². The van der Waals surface area contributed by atoms with Gasteiger partial charge in [0.15, 0.2) is 0 Å². The number of rotatable bonds is 8. The lowest BCUT2D eigenvalue weighted by Crippen LogP contribution is -2.12. The van der Waals surface area contributed by atoms with Gasteiger partial charge in [-0.15, -0.1) is 0 Å². The van der Waals surface area contributed by atoms with Crippen LogP contribution in [0.4, 0.5) is 0 Å². The zero-order valence-corrected chi connectivity index (χ0v) is 19.9. The molecule has 26 heavy (non-hydrogen) atoms. The summed E-state index contributed by atoms with van der Waals surface area (Å²) in [4.78, 5) is 0. The third kappa shape index (κ3) is 50.1. The molecule has 4 unspecified atom stereocenters. The Kier molecular flexibility index (Phi) is 60.6. The number of aliphatic hydroxyl groups is 8. The van der Waals surface area contributed by atoms with Crippen LogP contribution in [-0.4, -0.2) is 115 Å². The van der Waals surface area contributed by atoms with E-state index < -0.39 is 24.4 Å².